The summed E-state index contributed by atoms with van der Waals surface area (Å²) in [5.41, 5.74) is 2.16. The molecule has 1 fully saturated rings. The molecule has 0 N–H and O–H groups in total. The Kier molecular flexibility index (Phi) is 7.61. The van der Waals surface area contributed by atoms with Gasteiger partial charge in [0, 0.05) is 56.2 Å². The van der Waals surface area contributed by atoms with Crippen LogP contribution in [-0.4, -0.2) is 46.3 Å². The van der Waals surface area contributed by atoms with Crippen LogP contribution in [0.3, 0.4) is 0 Å². The number of amides is 1. The molecule has 1 saturated heterocycles. The number of nitro benzene ring substituents is 1. The van der Waals surface area contributed by atoms with Gasteiger partial charge in [0.1, 0.15) is 5.82 Å². The molecular weight excluding hydrogens is 409 g/mol. The van der Waals surface area contributed by atoms with E-state index in [0.717, 1.165) is 24.2 Å². The van der Waals surface area contributed by atoms with Crippen LogP contribution < -0.4 is 0 Å². The third-order valence-corrected chi connectivity index (χ3v) is 6.20. The lowest BCUT2D eigenvalue weighted by Gasteiger charge is -2.33. The van der Waals surface area contributed by atoms with Crippen LogP contribution in [0.15, 0.2) is 48.5 Å². The van der Waals surface area contributed by atoms with Crippen molar-refractivity contribution in [2.24, 2.45) is 11.8 Å². The second-order valence-electron chi connectivity index (χ2n) is 9.27. The first kappa shape index (κ1) is 23.9. The van der Waals surface area contributed by atoms with Gasteiger partial charge >= 0.3 is 0 Å². The van der Waals surface area contributed by atoms with Crippen molar-refractivity contribution in [3.05, 3.63) is 75.6 Å². The lowest BCUT2D eigenvalue weighted by atomic mass is 9.88. The third-order valence-electron chi connectivity index (χ3n) is 6.20. The summed E-state index contributed by atoms with van der Waals surface area (Å²) in [4.78, 5) is 27.6. The average molecular weight is 442 g/mol. The molecule has 32 heavy (non-hydrogen) atoms. The minimum Gasteiger partial charge on any atom is -0.340 e. The lowest BCUT2D eigenvalue weighted by molar-refractivity contribution is -0.384. The number of carbonyl (C=O) groups is 1. The van der Waals surface area contributed by atoms with Crippen molar-refractivity contribution >= 4 is 11.6 Å². The van der Waals surface area contributed by atoms with Crippen molar-refractivity contribution in [2.45, 2.75) is 46.2 Å². The van der Waals surface area contributed by atoms with Crippen molar-refractivity contribution in [1.82, 2.24) is 9.80 Å². The maximum atomic E-state index is 13.5. The molecule has 1 aliphatic heterocycles. The van der Waals surface area contributed by atoms with Crippen LogP contribution in [0.4, 0.5) is 10.1 Å². The minimum absolute atomic E-state index is 0.0701. The minimum atomic E-state index is -0.396. The molecule has 172 valence electrons. The van der Waals surface area contributed by atoms with Crippen LogP contribution in [0, 0.1) is 27.8 Å². The van der Waals surface area contributed by atoms with E-state index in [2.05, 4.69) is 4.90 Å². The molecule has 0 bridgehead atoms. The van der Waals surface area contributed by atoms with E-state index in [1.54, 1.807) is 12.1 Å². The fourth-order valence-corrected chi connectivity index (χ4v) is 4.48. The highest BCUT2D eigenvalue weighted by Crippen LogP contribution is 2.35. The molecule has 0 aliphatic carbocycles. The lowest BCUT2D eigenvalue weighted by Crippen LogP contribution is -2.43. The Morgan fingerprint density at radius 2 is 1.72 bits per heavy atom. The van der Waals surface area contributed by atoms with Gasteiger partial charge < -0.3 is 4.90 Å². The number of halogens is 1. The van der Waals surface area contributed by atoms with E-state index in [1.807, 2.05) is 44.7 Å². The number of nitrogens with zero attached hydrogens (tertiary/aromatic N) is 3. The molecule has 0 unspecified atom stereocenters. The van der Waals surface area contributed by atoms with Crippen molar-refractivity contribution < 1.29 is 14.1 Å². The van der Waals surface area contributed by atoms with Gasteiger partial charge in [-0.3, -0.25) is 19.8 Å². The highest BCUT2D eigenvalue weighted by molar-refractivity contribution is 5.78. The highest BCUT2D eigenvalue weighted by Gasteiger charge is 2.36. The number of likely N-dealkylation sites (tertiary alicyclic amines) is 1. The van der Waals surface area contributed by atoms with Crippen LogP contribution in [0.1, 0.15) is 44.7 Å². The van der Waals surface area contributed by atoms with Gasteiger partial charge in [0.25, 0.3) is 5.69 Å². The van der Waals surface area contributed by atoms with E-state index in [1.165, 1.54) is 24.3 Å². The van der Waals surface area contributed by atoms with Crippen LogP contribution in [0.5, 0.6) is 0 Å². The predicted octanol–water partition coefficient (Wildman–Crippen LogP) is 4.84. The molecule has 2 aromatic rings. The van der Waals surface area contributed by atoms with Crippen LogP contribution >= 0.6 is 0 Å². The van der Waals surface area contributed by atoms with Crippen LogP contribution in [0.25, 0.3) is 0 Å². The van der Waals surface area contributed by atoms with Crippen molar-refractivity contribution in [1.29, 1.82) is 0 Å². The summed E-state index contributed by atoms with van der Waals surface area (Å²) in [6, 6.07) is 13.4. The van der Waals surface area contributed by atoms with Gasteiger partial charge in [0.2, 0.25) is 5.91 Å². The number of benzene rings is 2. The molecule has 1 amide bonds. The van der Waals surface area contributed by atoms with Gasteiger partial charge in [-0.25, -0.2) is 4.39 Å². The molecule has 0 spiro atoms. The Hall–Kier alpha value is -2.80. The monoisotopic (exact) mass is 441 g/mol. The fraction of sp³-hybridized carbons (Fsp3) is 0.480. The molecule has 0 saturated carbocycles. The Morgan fingerprint density at radius 1 is 1.09 bits per heavy atom. The number of nitro groups is 1. The second-order valence-corrected chi connectivity index (χ2v) is 9.27. The molecule has 3 rings (SSSR count). The zero-order valence-corrected chi connectivity index (χ0v) is 19.2. The molecular formula is C25H32FN3O3. The van der Waals surface area contributed by atoms with E-state index >= 15 is 0 Å². The zero-order valence-electron chi connectivity index (χ0n) is 19.2. The number of carbonyl (C=O) groups excluding carboxylic acids is 1. The zero-order chi connectivity index (χ0) is 23.4. The normalized spacial score (nSPS) is 19.0. The summed E-state index contributed by atoms with van der Waals surface area (Å²) < 4.78 is 13.5. The van der Waals surface area contributed by atoms with Crippen LogP contribution in [-0.2, 0) is 11.3 Å². The van der Waals surface area contributed by atoms with Crippen LogP contribution in [0.2, 0.25) is 0 Å². The Labute approximate surface area is 189 Å². The number of rotatable bonds is 8. The quantitative estimate of drug-likeness (QED) is 0.434. The molecule has 0 radical (unpaired) electrons. The third kappa shape index (κ3) is 5.71. The first-order valence-electron chi connectivity index (χ1n) is 11.2. The Balaban J connectivity index is 1.81. The average Bonchev–Trinajstić information content (AvgIpc) is 3.14. The summed E-state index contributed by atoms with van der Waals surface area (Å²) >= 11 is 0. The van der Waals surface area contributed by atoms with E-state index in [9.17, 15) is 19.3 Å². The standard InChI is InChI=1S/C25H32FN3O3/c1-17(2)25(30)28(18(3)4)15-21-14-27(13-19-5-11-23(12-6-19)29(31)32)16-24(21)20-7-9-22(26)10-8-20/h5-12,17-18,21,24H,13-16H2,1-4H3/t21-,24+/m1/s1. The predicted molar refractivity (Wildman–Crippen MR) is 123 cm³/mol. The number of hydrogen-bond acceptors (Lipinski definition) is 4. The molecule has 1 aliphatic rings. The highest BCUT2D eigenvalue weighted by atomic mass is 19.1. The summed E-state index contributed by atoms with van der Waals surface area (Å²) in [6.07, 6.45) is 0. The largest absolute Gasteiger partial charge is 0.340 e. The fourth-order valence-electron chi connectivity index (χ4n) is 4.48. The summed E-state index contributed by atoms with van der Waals surface area (Å²) in [5, 5.41) is 10.9. The molecule has 2 aromatic carbocycles. The van der Waals surface area contributed by atoms with Gasteiger partial charge in [-0.05, 0) is 43.0 Å². The summed E-state index contributed by atoms with van der Waals surface area (Å²) in [6.45, 7) is 10.8. The molecule has 1 heterocycles. The number of hydrogen-bond donors (Lipinski definition) is 0. The maximum Gasteiger partial charge on any atom is 0.269 e. The number of non-ortho nitro benzene ring substituents is 1. The molecule has 0 aromatic heterocycles. The maximum absolute atomic E-state index is 13.5. The summed E-state index contributed by atoms with van der Waals surface area (Å²) in [7, 11) is 0. The first-order chi connectivity index (χ1) is 15.2. The SMILES string of the molecule is CC(C)C(=O)N(C[C@H]1CN(Cc2ccc([N+](=O)[O-])cc2)C[C@H]1c1ccc(F)cc1)C(C)C. The smallest absolute Gasteiger partial charge is 0.269 e. The van der Waals surface area contributed by atoms with Gasteiger partial charge in [0.15, 0.2) is 0 Å². The van der Waals surface area contributed by atoms with E-state index in [0.29, 0.717) is 13.1 Å². The van der Waals surface area contributed by atoms with Crippen molar-refractivity contribution in [2.75, 3.05) is 19.6 Å². The van der Waals surface area contributed by atoms with E-state index in [4.69, 9.17) is 0 Å². The Bertz CT molecular complexity index is 928. The van der Waals surface area contributed by atoms with Crippen molar-refractivity contribution in [3.8, 4) is 0 Å². The van der Waals surface area contributed by atoms with Gasteiger partial charge in [-0.2, -0.15) is 0 Å². The first-order valence-corrected chi connectivity index (χ1v) is 11.2. The van der Waals surface area contributed by atoms with Crippen molar-refractivity contribution in [3.63, 3.8) is 0 Å². The van der Waals surface area contributed by atoms with Gasteiger partial charge in [-0.15, -0.1) is 0 Å². The van der Waals surface area contributed by atoms with E-state index in [-0.39, 0.29) is 41.2 Å². The Morgan fingerprint density at radius 3 is 2.25 bits per heavy atom. The van der Waals surface area contributed by atoms with E-state index < -0.39 is 4.92 Å². The van der Waals surface area contributed by atoms with Gasteiger partial charge in [0.05, 0.1) is 4.92 Å². The molecule has 6 nitrogen and oxygen atoms in total. The molecule has 7 heteroatoms. The van der Waals surface area contributed by atoms with Gasteiger partial charge in [-0.1, -0.05) is 38.1 Å². The summed E-state index contributed by atoms with van der Waals surface area (Å²) in [5.74, 6) is 0.203. The molecule has 2 atom stereocenters. The topological polar surface area (TPSA) is 66.7 Å². The second kappa shape index (κ2) is 10.2.